The number of alkyl halides is 3. The van der Waals surface area contributed by atoms with Gasteiger partial charge in [-0.15, -0.1) is 0 Å². The Morgan fingerprint density at radius 1 is 1.25 bits per heavy atom. The highest BCUT2D eigenvalue weighted by Crippen LogP contribution is 2.30. The second-order valence-corrected chi connectivity index (χ2v) is 5.04. The van der Waals surface area contributed by atoms with Crippen LogP contribution >= 0.6 is 23.4 Å². The Labute approximate surface area is 119 Å². The van der Waals surface area contributed by atoms with E-state index in [9.17, 15) is 18.0 Å². The second kappa shape index (κ2) is 5.41. The van der Waals surface area contributed by atoms with E-state index in [-0.39, 0.29) is 15.3 Å². The van der Waals surface area contributed by atoms with Crippen molar-refractivity contribution < 1.29 is 13.2 Å². The van der Waals surface area contributed by atoms with Crippen LogP contribution in [0, 0.1) is 6.92 Å². The van der Waals surface area contributed by atoms with E-state index in [2.05, 4.69) is 19.9 Å². The molecule has 0 aliphatic rings. The molecule has 2 rings (SSSR count). The molecule has 20 heavy (non-hydrogen) atoms. The Morgan fingerprint density at radius 3 is 2.55 bits per heavy atom. The van der Waals surface area contributed by atoms with Crippen molar-refractivity contribution >= 4 is 23.4 Å². The summed E-state index contributed by atoms with van der Waals surface area (Å²) in [6.07, 6.45) is -4.70. The molecule has 0 atom stereocenters. The summed E-state index contributed by atoms with van der Waals surface area (Å²) in [6, 6.07) is 2.42. The fraction of sp³-hybridized carbons (Fsp3) is 0.200. The Morgan fingerprint density at radius 2 is 1.95 bits per heavy atom. The van der Waals surface area contributed by atoms with E-state index in [4.69, 9.17) is 11.6 Å². The summed E-state index contributed by atoms with van der Waals surface area (Å²) in [6.45, 7) is 1.59. The number of aryl methyl sites for hydroxylation is 1. The lowest BCUT2D eigenvalue weighted by Crippen LogP contribution is -2.12. The largest absolute Gasteiger partial charge is 0.451 e. The lowest BCUT2D eigenvalue weighted by molar-refractivity contribution is -0.145. The molecule has 0 amide bonds. The summed E-state index contributed by atoms with van der Waals surface area (Å²) in [4.78, 5) is 24.1. The SMILES string of the molecule is Cc1cc(=O)[nH]c(Sc2cc(Cl)nc(C(F)(F)F)n2)n1. The van der Waals surface area contributed by atoms with Crippen LogP contribution in [0.1, 0.15) is 11.5 Å². The first-order chi connectivity index (χ1) is 9.24. The number of aromatic nitrogens is 4. The molecule has 0 radical (unpaired) electrons. The van der Waals surface area contributed by atoms with Crippen molar-refractivity contribution in [2.75, 3.05) is 0 Å². The third kappa shape index (κ3) is 3.70. The van der Waals surface area contributed by atoms with Crippen molar-refractivity contribution in [1.82, 2.24) is 19.9 Å². The van der Waals surface area contributed by atoms with Gasteiger partial charge in [-0.1, -0.05) is 11.6 Å². The zero-order valence-electron chi connectivity index (χ0n) is 9.82. The normalized spacial score (nSPS) is 11.7. The van der Waals surface area contributed by atoms with Gasteiger partial charge in [-0.25, -0.2) is 15.0 Å². The molecule has 0 bridgehead atoms. The van der Waals surface area contributed by atoms with Crippen LogP contribution in [0.3, 0.4) is 0 Å². The number of nitrogens with one attached hydrogen (secondary N) is 1. The van der Waals surface area contributed by atoms with Gasteiger partial charge in [-0.3, -0.25) is 4.79 Å². The van der Waals surface area contributed by atoms with Crippen LogP contribution in [0.4, 0.5) is 13.2 Å². The maximum atomic E-state index is 12.5. The van der Waals surface area contributed by atoms with E-state index in [1.165, 1.54) is 6.07 Å². The molecule has 0 aliphatic heterocycles. The Hall–Kier alpha value is -1.61. The molecule has 0 saturated carbocycles. The molecule has 0 unspecified atom stereocenters. The van der Waals surface area contributed by atoms with Gasteiger partial charge in [0.1, 0.15) is 10.2 Å². The van der Waals surface area contributed by atoms with Crippen molar-refractivity contribution in [1.29, 1.82) is 0 Å². The van der Waals surface area contributed by atoms with E-state index in [1.54, 1.807) is 6.92 Å². The molecule has 0 spiro atoms. The summed E-state index contributed by atoms with van der Waals surface area (Å²) >= 11 is 6.29. The predicted molar refractivity (Wildman–Crippen MR) is 65.8 cm³/mol. The average Bonchev–Trinajstić information content (AvgIpc) is 2.25. The lowest BCUT2D eigenvalue weighted by atomic mass is 10.5. The summed E-state index contributed by atoms with van der Waals surface area (Å²) < 4.78 is 37.6. The summed E-state index contributed by atoms with van der Waals surface area (Å²) in [5.74, 6) is -1.34. The van der Waals surface area contributed by atoms with Crippen molar-refractivity contribution in [2.24, 2.45) is 0 Å². The number of nitrogens with zero attached hydrogens (tertiary/aromatic N) is 3. The third-order valence-corrected chi connectivity index (χ3v) is 2.97. The smallest absolute Gasteiger partial charge is 0.301 e. The molecule has 0 saturated heterocycles. The van der Waals surface area contributed by atoms with Crippen LogP contribution in [0.5, 0.6) is 0 Å². The zero-order valence-corrected chi connectivity index (χ0v) is 11.4. The lowest BCUT2D eigenvalue weighted by Gasteiger charge is -2.07. The second-order valence-electron chi connectivity index (χ2n) is 3.64. The van der Waals surface area contributed by atoms with Gasteiger partial charge >= 0.3 is 6.18 Å². The minimum absolute atomic E-state index is 0.0638. The van der Waals surface area contributed by atoms with Crippen molar-refractivity contribution in [3.63, 3.8) is 0 Å². The number of H-pyrrole nitrogens is 1. The molecule has 0 aromatic carbocycles. The van der Waals surface area contributed by atoms with Crippen LogP contribution in [0.25, 0.3) is 0 Å². The van der Waals surface area contributed by atoms with Crippen molar-refractivity contribution in [3.05, 3.63) is 39.2 Å². The number of rotatable bonds is 2. The Balaban J connectivity index is 2.38. The first kappa shape index (κ1) is 14.8. The molecular weight excluding hydrogens is 317 g/mol. The number of halogens is 4. The number of aromatic amines is 1. The topological polar surface area (TPSA) is 71.5 Å². The van der Waals surface area contributed by atoms with E-state index in [0.717, 1.165) is 17.8 Å². The highest BCUT2D eigenvalue weighted by Gasteiger charge is 2.35. The molecule has 106 valence electrons. The standard InChI is InChI=1S/C10H6ClF3N4OS/c1-4-2-6(19)17-9(15-4)20-7-3-5(11)16-8(18-7)10(12,13)14/h2-3H,1H3,(H,15,17,19). The van der Waals surface area contributed by atoms with E-state index < -0.39 is 17.6 Å². The number of hydrogen-bond donors (Lipinski definition) is 1. The molecule has 0 aliphatic carbocycles. The summed E-state index contributed by atoms with van der Waals surface area (Å²) in [5, 5.41) is -0.284. The average molecular weight is 323 g/mol. The monoisotopic (exact) mass is 322 g/mol. The Bertz CT molecular complexity index is 704. The van der Waals surface area contributed by atoms with Crippen LogP contribution in [0.2, 0.25) is 5.15 Å². The van der Waals surface area contributed by atoms with E-state index in [0.29, 0.717) is 5.69 Å². The van der Waals surface area contributed by atoms with Gasteiger partial charge in [0.2, 0.25) is 5.82 Å². The van der Waals surface area contributed by atoms with E-state index >= 15 is 0 Å². The van der Waals surface area contributed by atoms with Gasteiger partial charge in [-0.2, -0.15) is 13.2 Å². The molecular formula is C10H6ClF3N4OS. The minimum Gasteiger partial charge on any atom is -0.301 e. The fourth-order valence-electron chi connectivity index (χ4n) is 1.28. The molecule has 5 nitrogen and oxygen atoms in total. The molecule has 10 heteroatoms. The first-order valence-corrected chi connectivity index (χ1v) is 6.31. The molecule has 1 N–H and O–H groups in total. The van der Waals surface area contributed by atoms with E-state index in [1.807, 2.05) is 0 Å². The van der Waals surface area contributed by atoms with Crippen LogP contribution in [-0.4, -0.2) is 19.9 Å². The van der Waals surface area contributed by atoms with Crippen LogP contribution < -0.4 is 5.56 Å². The van der Waals surface area contributed by atoms with Gasteiger partial charge < -0.3 is 4.98 Å². The highest BCUT2D eigenvalue weighted by molar-refractivity contribution is 7.99. The molecule has 0 fully saturated rings. The third-order valence-electron chi connectivity index (χ3n) is 1.97. The van der Waals surface area contributed by atoms with Crippen LogP contribution in [-0.2, 0) is 6.18 Å². The quantitative estimate of drug-likeness (QED) is 0.680. The Kier molecular flexibility index (Phi) is 4.00. The summed E-state index contributed by atoms with van der Waals surface area (Å²) in [7, 11) is 0. The summed E-state index contributed by atoms with van der Waals surface area (Å²) in [5.41, 5.74) is 0.0312. The molecule has 2 heterocycles. The molecule has 2 aromatic heterocycles. The van der Waals surface area contributed by atoms with Gasteiger partial charge in [0.15, 0.2) is 5.16 Å². The van der Waals surface area contributed by atoms with Gasteiger partial charge in [0, 0.05) is 17.8 Å². The van der Waals surface area contributed by atoms with Gasteiger partial charge in [0.05, 0.1) is 0 Å². The zero-order chi connectivity index (χ0) is 14.9. The number of hydrogen-bond acceptors (Lipinski definition) is 5. The fourth-order valence-corrected chi connectivity index (χ4v) is 2.37. The maximum Gasteiger partial charge on any atom is 0.451 e. The van der Waals surface area contributed by atoms with Crippen molar-refractivity contribution in [3.8, 4) is 0 Å². The minimum atomic E-state index is -4.70. The van der Waals surface area contributed by atoms with Gasteiger partial charge in [-0.05, 0) is 18.7 Å². The first-order valence-electron chi connectivity index (χ1n) is 5.11. The van der Waals surface area contributed by atoms with Crippen LogP contribution in [0.15, 0.2) is 27.1 Å². The van der Waals surface area contributed by atoms with Gasteiger partial charge in [0.25, 0.3) is 5.56 Å². The van der Waals surface area contributed by atoms with Crippen molar-refractivity contribution in [2.45, 2.75) is 23.3 Å². The molecule has 2 aromatic rings. The predicted octanol–water partition coefficient (Wildman–Crippen LogP) is 2.69. The maximum absolute atomic E-state index is 12.5. The highest BCUT2D eigenvalue weighted by atomic mass is 35.5.